The molecule has 0 N–H and O–H groups in total. The van der Waals surface area contributed by atoms with E-state index in [0.29, 0.717) is 0 Å². The fraction of sp³-hybridized carbons (Fsp3) is 0.222. The Morgan fingerprint density at radius 3 is 2.16 bits per heavy atom. The SMILES string of the molecule is CC1=[C-]CC(C)=C1C.Cc1c(C)n(-c2cc3ccccc3[cH-]2)c2ccccc12.[F][Zr+2][F]. The molecule has 0 bridgehead atoms. The molecule has 0 atom stereocenters. The van der Waals surface area contributed by atoms with Crippen LogP contribution in [0.1, 0.15) is 38.4 Å². The van der Waals surface area contributed by atoms with Gasteiger partial charge >= 0.3 is 29.7 Å². The summed E-state index contributed by atoms with van der Waals surface area (Å²) in [5.74, 6) is 0. The van der Waals surface area contributed by atoms with Crippen molar-refractivity contribution >= 4 is 21.7 Å². The van der Waals surface area contributed by atoms with Gasteiger partial charge in [-0.05, 0) is 31.2 Å². The molecule has 0 spiro atoms. The van der Waals surface area contributed by atoms with Gasteiger partial charge in [0.15, 0.2) is 0 Å². The summed E-state index contributed by atoms with van der Waals surface area (Å²) < 4.78 is 22.0. The Labute approximate surface area is 196 Å². The minimum absolute atomic E-state index is 1.05. The van der Waals surface area contributed by atoms with Gasteiger partial charge in [-0.2, -0.15) is 11.1 Å². The fourth-order valence-corrected chi connectivity index (χ4v) is 3.98. The van der Waals surface area contributed by atoms with Gasteiger partial charge in [0.2, 0.25) is 0 Å². The van der Waals surface area contributed by atoms with Gasteiger partial charge in [-0.1, -0.05) is 38.1 Å². The van der Waals surface area contributed by atoms with E-state index in [1.54, 1.807) is 0 Å². The maximum absolute atomic E-state index is 9.80. The number of allylic oxidation sites excluding steroid dienone is 4. The van der Waals surface area contributed by atoms with Gasteiger partial charge in [0.1, 0.15) is 0 Å². The van der Waals surface area contributed by atoms with Crippen LogP contribution < -0.4 is 0 Å². The molecule has 5 rings (SSSR count). The van der Waals surface area contributed by atoms with Crippen molar-refractivity contribution in [3.8, 4) is 5.69 Å². The molecule has 158 valence electrons. The van der Waals surface area contributed by atoms with E-state index in [1.807, 2.05) is 0 Å². The zero-order valence-electron chi connectivity index (χ0n) is 18.7. The molecule has 0 fully saturated rings. The van der Waals surface area contributed by atoms with Crippen LogP contribution in [0.5, 0.6) is 0 Å². The molecule has 0 aliphatic heterocycles. The van der Waals surface area contributed by atoms with Gasteiger partial charge < -0.3 is 4.57 Å². The molecule has 1 aliphatic rings. The van der Waals surface area contributed by atoms with E-state index in [0.717, 1.165) is 6.42 Å². The summed E-state index contributed by atoms with van der Waals surface area (Å²) in [5, 5.41) is 3.95. The minimum atomic E-state index is -2.77. The Bertz CT molecular complexity index is 1220. The molecule has 1 heterocycles. The Balaban J connectivity index is 0.000000207. The van der Waals surface area contributed by atoms with E-state index < -0.39 is 24.5 Å². The third-order valence-electron chi connectivity index (χ3n) is 6.11. The van der Waals surface area contributed by atoms with Gasteiger partial charge in [-0.3, -0.25) is 6.08 Å². The summed E-state index contributed by atoms with van der Waals surface area (Å²) in [5.41, 5.74) is 9.48. The zero-order valence-corrected chi connectivity index (χ0v) is 21.1. The number of para-hydroxylation sites is 1. The van der Waals surface area contributed by atoms with E-state index >= 15 is 0 Å². The molecule has 0 radical (unpaired) electrons. The van der Waals surface area contributed by atoms with Crippen LogP contribution in [0, 0.1) is 19.9 Å². The molecule has 31 heavy (non-hydrogen) atoms. The summed E-state index contributed by atoms with van der Waals surface area (Å²) in [6, 6.07) is 21.7. The summed E-state index contributed by atoms with van der Waals surface area (Å²) >= 11 is -2.77. The number of rotatable bonds is 1. The van der Waals surface area contributed by atoms with E-state index in [-0.39, 0.29) is 0 Å². The number of aromatic nitrogens is 1. The number of aryl methyl sites for hydroxylation is 1. The first-order chi connectivity index (χ1) is 14.9. The van der Waals surface area contributed by atoms with Crippen molar-refractivity contribution in [3.05, 3.63) is 94.7 Å². The average Bonchev–Trinajstić information content (AvgIpc) is 3.40. The van der Waals surface area contributed by atoms with Gasteiger partial charge in [-0.15, -0.1) is 54.4 Å². The second-order valence-corrected chi connectivity index (χ2v) is 8.21. The number of nitrogens with zero attached hydrogens (tertiary/aromatic N) is 1. The molecule has 0 saturated heterocycles. The van der Waals surface area contributed by atoms with Crippen molar-refractivity contribution < 1.29 is 29.7 Å². The van der Waals surface area contributed by atoms with Crippen LogP contribution in [0.2, 0.25) is 0 Å². The van der Waals surface area contributed by atoms with E-state index in [2.05, 4.69) is 106 Å². The first-order valence-electron chi connectivity index (χ1n) is 10.3. The zero-order chi connectivity index (χ0) is 22.5. The number of hydrogen-bond donors (Lipinski definition) is 0. The van der Waals surface area contributed by atoms with E-state index in [4.69, 9.17) is 0 Å². The predicted octanol–water partition coefficient (Wildman–Crippen LogP) is 8.43. The molecule has 1 nitrogen and oxygen atoms in total. The van der Waals surface area contributed by atoms with Crippen molar-refractivity contribution in [2.24, 2.45) is 0 Å². The van der Waals surface area contributed by atoms with Crippen LogP contribution in [0.15, 0.2) is 77.4 Å². The summed E-state index contributed by atoms with van der Waals surface area (Å²) in [4.78, 5) is 0. The van der Waals surface area contributed by atoms with Gasteiger partial charge in [0.25, 0.3) is 0 Å². The van der Waals surface area contributed by atoms with Gasteiger partial charge in [-0.25, -0.2) is 5.57 Å². The summed E-state index contributed by atoms with van der Waals surface area (Å²) in [6.45, 7) is 10.8. The van der Waals surface area contributed by atoms with E-state index in [1.165, 1.54) is 55.3 Å². The number of hydrogen-bond acceptors (Lipinski definition) is 0. The standard InChI is InChI=1S/C19H16N.C8H11.2FH.Zr/c1-13-14(2)20(19-10-6-5-9-18(13)19)17-11-15-7-3-4-8-16(15)12-17;1-6-4-5-7(2)8(6)3;;;/h3-12H,1-2H3;4H2,1-3H3;2*1H;/q2*-1;;;+4/p-2. The van der Waals surface area contributed by atoms with Crippen LogP contribution >= 0.6 is 0 Å². The third-order valence-corrected chi connectivity index (χ3v) is 6.11. The third kappa shape index (κ3) is 5.01. The van der Waals surface area contributed by atoms with Crippen LogP contribution in [0.4, 0.5) is 5.25 Å². The Morgan fingerprint density at radius 2 is 1.58 bits per heavy atom. The van der Waals surface area contributed by atoms with E-state index in [9.17, 15) is 5.25 Å². The topological polar surface area (TPSA) is 4.93 Å². The Hall–Kier alpha value is -2.19. The molecular formula is C27H27F2NZr. The Kier molecular flexibility index (Phi) is 7.89. The number of fused-ring (bicyclic) bond motifs is 2. The van der Waals surface area contributed by atoms with Gasteiger partial charge in [0.05, 0.1) is 5.52 Å². The van der Waals surface area contributed by atoms with Crippen molar-refractivity contribution in [1.82, 2.24) is 4.57 Å². The first kappa shape index (κ1) is 23.5. The maximum atomic E-state index is 9.80. The van der Waals surface area contributed by atoms with Crippen LogP contribution in [0.25, 0.3) is 27.4 Å². The molecular weight excluding hydrogens is 468 g/mol. The van der Waals surface area contributed by atoms with Crippen molar-refractivity contribution in [3.63, 3.8) is 0 Å². The number of benzene rings is 2. The Morgan fingerprint density at radius 1 is 0.935 bits per heavy atom. The predicted molar refractivity (Wildman–Crippen MR) is 123 cm³/mol. The van der Waals surface area contributed by atoms with Crippen LogP contribution in [-0.4, -0.2) is 4.57 Å². The van der Waals surface area contributed by atoms with Crippen molar-refractivity contribution in [2.75, 3.05) is 0 Å². The summed E-state index contributed by atoms with van der Waals surface area (Å²) in [7, 11) is 0. The fourth-order valence-electron chi connectivity index (χ4n) is 3.98. The molecule has 0 unspecified atom stereocenters. The van der Waals surface area contributed by atoms with Crippen molar-refractivity contribution in [2.45, 2.75) is 41.0 Å². The molecule has 1 aromatic heterocycles. The quantitative estimate of drug-likeness (QED) is 0.234. The second-order valence-electron chi connectivity index (χ2n) is 7.86. The van der Waals surface area contributed by atoms with Crippen molar-refractivity contribution in [1.29, 1.82) is 0 Å². The normalized spacial score (nSPS) is 12.8. The van der Waals surface area contributed by atoms with Crippen LogP contribution in [-0.2, 0) is 24.5 Å². The molecule has 0 saturated carbocycles. The molecule has 1 aliphatic carbocycles. The number of halogens is 2. The second kappa shape index (κ2) is 10.4. The average molecular weight is 495 g/mol. The van der Waals surface area contributed by atoms with Gasteiger partial charge in [0, 0.05) is 11.1 Å². The first-order valence-corrected chi connectivity index (χ1v) is 12.2. The van der Waals surface area contributed by atoms with Crippen LogP contribution in [0.3, 0.4) is 0 Å². The molecule has 0 amide bonds. The molecule has 4 aromatic rings. The molecule has 3 aromatic carbocycles. The summed E-state index contributed by atoms with van der Waals surface area (Å²) in [6.07, 6.45) is 4.31. The molecule has 4 heteroatoms. The monoisotopic (exact) mass is 493 g/mol.